The van der Waals surface area contributed by atoms with Gasteiger partial charge in [0.1, 0.15) is 23.9 Å². The van der Waals surface area contributed by atoms with Gasteiger partial charge in [-0.2, -0.15) is 0 Å². The minimum atomic E-state index is -0.595. The number of carbonyl (C=O) groups excluding carboxylic acids is 2. The first-order valence-corrected chi connectivity index (χ1v) is 21.0. The third kappa shape index (κ3) is 29.3. The molecule has 1 aromatic carbocycles. The number of hydrogen-bond donors (Lipinski definition) is 0. The molecule has 1 fully saturated rings. The van der Waals surface area contributed by atoms with Crippen LogP contribution in [0.2, 0.25) is 0 Å². The van der Waals surface area contributed by atoms with Crippen LogP contribution in [0.15, 0.2) is 24.8 Å². The summed E-state index contributed by atoms with van der Waals surface area (Å²) in [5, 5.41) is 0. The predicted octanol–water partition coefficient (Wildman–Crippen LogP) is 9.06. The first-order valence-electron chi connectivity index (χ1n) is 21.0. The minimum absolute atomic E-state index is 0.00704. The van der Waals surface area contributed by atoms with Gasteiger partial charge in [-0.25, -0.2) is 4.79 Å². The second-order valence-corrected chi connectivity index (χ2v) is 15.3. The lowest BCUT2D eigenvalue weighted by molar-refractivity contribution is -0.252. The fourth-order valence-electron chi connectivity index (χ4n) is 5.31. The van der Waals surface area contributed by atoms with Crippen molar-refractivity contribution in [2.24, 2.45) is 16.7 Å². The molecule has 2 rings (SSSR count). The summed E-state index contributed by atoms with van der Waals surface area (Å²) < 4.78 is 63.3. The Morgan fingerprint density at radius 1 is 0.733 bits per heavy atom. The van der Waals surface area contributed by atoms with E-state index in [1.54, 1.807) is 69.0 Å². The highest BCUT2D eigenvalue weighted by molar-refractivity contribution is 5.81. The number of rotatable bonds is 24. The first-order chi connectivity index (χ1) is 28.6. The van der Waals surface area contributed by atoms with E-state index in [9.17, 15) is 9.59 Å². The molecule has 60 heavy (non-hydrogen) atoms. The quantitative estimate of drug-likeness (QED) is 0.0554. The zero-order chi connectivity index (χ0) is 46.4. The zero-order valence-corrected chi connectivity index (χ0v) is 40.5. The van der Waals surface area contributed by atoms with Crippen molar-refractivity contribution in [2.75, 3.05) is 110 Å². The standard InChI is InChI=1S/C17H26O7.C10H18O4.C7H14O2.C7H16.C5H12O/c1-18-8-17(9-19-2)10-23-16(24-11-17)15-13(21-4)6-12(20-3)7-14(15)22-5;1-5-9(11)14-8-10(2,6-12-3)7-13-4;1-5(2)7(8)9-6(3)4;1-3-5-7-6-4-2;1-3-4-5-6-2/h6-7,16H,8-11H2,1-5H3;5H,1,6-8H2,2-4H3;5-6H,1-4H3;3-7H2,1-2H3;3-5H2,1-2H3. The molecule has 0 radical (unpaired) electrons. The van der Waals surface area contributed by atoms with Crippen LogP contribution in [0.1, 0.15) is 112 Å². The van der Waals surface area contributed by atoms with Gasteiger partial charge in [0.05, 0.1) is 84.0 Å². The highest BCUT2D eigenvalue weighted by atomic mass is 16.7. The maximum atomic E-state index is 10.8. The van der Waals surface area contributed by atoms with E-state index < -0.39 is 12.3 Å². The topological polar surface area (TPSA) is 145 Å². The van der Waals surface area contributed by atoms with Crippen molar-refractivity contribution in [1.82, 2.24) is 0 Å². The van der Waals surface area contributed by atoms with Crippen LogP contribution >= 0.6 is 0 Å². The highest BCUT2D eigenvalue weighted by Gasteiger charge is 2.40. The molecule has 1 aromatic rings. The SMILES string of the molecule is C=CC(=O)OCC(C)(COC)COC.CC(C)OC(=O)C(C)C.CCCCCCC.CCCCOC.COCC1(COC)COC(c2c(OC)cc(OC)cc2OC)OC1. The van der Waals surface area contributed by atoms with Crippen LogP contribution in [-0.2, 0) is 52.2 Å². The first kappa shape index (κ1) is 61.3. The van der Waals surface area contributed by atoms with Crippen molar-refractivity contribution >= 4 is 11.9 Å². The Balaban J connectivity index is -0.000000764. The monoisotopic (exact) mass is 863 g/mol. The molecule has 0 saturated carbocycles. The Morgan fingerprint density at radius 3 is 1.52 bits per heavy atom. The summed E-state index contributed by atoms with van der Waals surface area (Å²) in [7, 11) is 13.0. The van der Waals surface area contributed by atoms with E-state index >= 15 is 0 Å². The second-order valence-electron chi connectivity index (χ2n) is 15.3. The van der Waals surface area contributed by atoms with Gasteiger partial charge in [0, 0.05) is 65.8 Å². The van der Waals surface area contributed by atoms with E-state index in [4.69, 9.17) is 56.8 Å². The molecule has 0 unspecified atom stereocenters. The maximum absolute atomic E-state index is 10.8. The van der Waals surface area contributed by atoms with Crippen molar-refractivity contribution in [3.8, 4) is 17.2 Å². The maximum Gasteiger partial charge on any atom is 0.330 e. The molecular weight excluding hydrogens is 776 g/mol. The van der Waals surface area contributed by atoms with Crippen molar-refractivity contribution < 1.29 is 66.4 Å². The van der Waals surface area contributed by atoms with Crippen LogP contribution in [0.5, 0.6) is 17.2 Å². The number of hydrogen-bond acceptors (Lipinski definition) is 14. The van der Waals surface area contributed by atoms with Crippen LogP contribution in [-0.4, -0.2) is 128 Å². The van der Waals surface area contributed by atoms with Gasteiger partial charge in [0.2, 0.25) is 0 Å². The average molecular weight is 863 g/mol. The van der Waals surface area contributed by atoms with Gasteiger partial charge < -0.3 is 56.8 Å². The third-order valence-corrected chi connectivity index (χ3v) is 8.42. The molecule has 0 bridgehead atoms. The van der Waals surface area contributed by atoms with Gasteiger partial charge in [0.25, 0.3) is 0 Å². The number of carbonyl (C=O) groups is 2. The molecule has 1 aliphatic rings. The van der Waals surface area contributed by atoms with Crippen LogP contribution in [0.4, 0.5) is 0 Å². The summed E-state index contributed by atoms with van der Waals surface area (Å²) in [6.45, 7) is 23.2. The molecule has 1 aliphatic heterocycles. The highest BCUT2D eigenvalue weighted by Crippen LogP contribution is 2.43. The molecule has 0 aliphatic carbocycles. The normalized spacial score (nSPS) is 13.2. The van der Waals surface area contributed by atoms with Crippen LogP contribution < -0.4 is 14.2 Å². The molecular formula is C46H86O14. The van der Waals surface area contributed by atoms with E-state index in [-0.39, 0.29) is 35.4 Å². The summed E-state index contributed by atoms with van der Waals surface area (Å²) in [6.07, 6.45) is 9.99. The lowest BCUT2D eigenvalue weighted by Gasteiger charge is -2.39. The third-order valence-electron chi connectivity index (χ3n) is 8.42. The van der Waals surface area contributed by atoms with E-state index in [0.29, 0.717) is 62.5 Å². The number of benzene rings is 1. The minimum Gasteiger partial charge on any atom is -0.496 e. The Kier molecular flexibility index (Phi) is 39.8. The molecule has 0 spiro atoms. The average Bonchev–Trinajstić information content (AvgIpc) is 3.23. The van der Waals surface area contributed by atoms with Crippen molar-refractivity contribution in [3.63, 3.8) is 0 Å². The van der Waals surface area contributed by atoms with E-state index in [1.807, 2.05) is 34.6 Å². The Bertz CT molecular complexity index is 1130. The molecule has 14 nitrogen and oxygen atoms in total. The van der Waals surface area contributed by atoms with Gasteiger partial charge in [0.15, 0.2) is 6.29 Å². The number of methoxy groups -OCH3 is 8. The molecule has 354 valence electrons. The molecule has 0 N–H and O–H groups in total. The van der Waals surface area contributed by atoms with Crippen molar-refractivity contribution in [2.45, 2.75) is 113 Å². The molecule has 14 heteroatoms. The number of esters is 2. The molecule has 0 amide bonds. The summed E-state index contributed by atoms with van der Waals surface area (Å²) in [5.41, 5.74) is 0.0685. The van der Waals surface area contributed by atoms with Crippen molar-refractivity contribution in [1.29, 1.82) is 0 Å². The Hall–Kier alpha value is -2.98. The van der Waals surface area contributed by atoms with Gasteiger partial charge in [-0.05, 0) is 20.3 Å². The fraction of sp³-hybridized carbons (Fsp3) is 0.783. The van der Waals surface area contributed by atoms with Crippen LogP contribution in [0.3, 0.4) is 0 Å². The molecule has 1 heterocycles. The lowest BCUT2D eigenvalue weighted by Crippen LogP contribution is -2.45. The summed E-state index contributed by atoms with van der Waals surface area (Å²) >= 11 is 0. The Morgan fingerprint density at radius 2 is 1.22 bits per heavy atom. The lowest BCUT2D eigenvalue weighted by atomic mass is 9.91. The van der Waals surface area contributed by atoms with Crippen LogP contribution in [0.25, 0.3) is 0 Å². The zero-order valence-electron chi connectivity index (χ0n) is 40.5. The Labute approximate surface area is 364 Å². The van der Waals surface area contributed by atoms with E-state index in [1.165, 1.54) is 44.9 Å². The summed E-state index contributed by atoms with van der Waals surface area (Å²) in [5.74, 6) is 1.25. The van der Waals surface area contributed by atoms with Crippen LogP contribution in [0, 0.1) is 16.7 Å². The summed E-state index contributed by atoms with van der Waals surface area (Å²) in [6, 6.07) is 3.55. The number of ether oxygens (including phenoxy) is 12. The predicted molar refractivity (Wildman–Crippen MR) is 237 cm³/mol. The fourth-order valence-corrected chi connectivity index (χ4v) is 5.31. The van der Waals surface area contributed by atoms with Gasteiger partial charge in [-0.3, -0.25) is 4.79 Å². The van der Waals surface area contributed by atoms with Gasteiger partial charge in [-0.1, -0.05) is 86.6 Å². The molecule has 0 aromatic heterocycles. The van der Waals surface area contributed by atoms with E-state index in [2.05, 4.69) is 27.4 Å². The molecule has 1 saturated heterocycles. The van der Waals surface area contributed by atoms with E-state index in [0.717, 1.165) is 12.7 Å². The number of unbranched alkanes of at least 4 members (excludes halogenated alkanes) is 5. The second kappa shape index (κ2) is 38.9. The van der Waals surface area contributed by atoms with Gasteiger partial charge >= 0.3 is 11.9 Å². The van der Waals surface area contributed by atoms with Crippen molar-refractivity contribution in [3.05, 3.63) is 30.4 Å². The molecule has 0 atom stereocenters. The largest absolute Gasteiger partial charge is 0.496 e. The summed E-state index contributed by atoms with van der Waals surface area (Å²) in [4.78, 5) is 21.6. The van der Waals surface area contributed by atoms with Gasteiger partial charge in [-0.15, -0.1) is 0 Å². The smallest absolute Gasteiger partial charge is 0.330 e.